The minimum atomic E-state index is 0.624. The Morgan fingerprint density at radius 2 is 2.00 bits per heavy atom. The summed E-state index contributed by atoms with van der Waals surface area (Å²) in [6, 6.07) is 1.80. The van der Waals surface area contributed by atoms with Crippen molar-refractivity contribution in [2.24, 2.45) is 5.73 Å². The van der Waals surface area contributed by atoms with Crippen LogP contribution in [0.5, 0.6) is 0 Å². The minimum absolute atomic E-state index is 0.624. The summed E-state index contributed by atoms with van der Waals surface area (Å²) in [5.74, 6) is 0.786. The van der Waals surface area contributed by atoms with Gasteiger partial charge < -0.3 is 10.3 Å². The SMILES string of the molecule is NCCc1cn(Cc2ncccn2)cn1. The predicted molar refractivity (Wildman–Crippen MR) is 56.1 cm³/mol. The molecule has 2 aromatic heterocycles. The fraction of sp³-hybridized carbons (Fsp3) is 0.300. The molecule has 5 nitrogen and oxygen atoms in total. The van der Waals surface area contributed by atoms with Crippen molar-refractivity contribution in [3.05, 3.63) is 42.5 Å². The van der Waals surface area contributed by atoms with Gasteiger partial charge in [0.15, 0.2) is 0 Å². The van der Waals surface area contributed by atoms with E-state index in [0.29, 0.717) is 13.1 Å². The standard InChI is InChI=1S/C10H13N5/c11-3-2-9-6-15(8-14-9)7-10-12-4-1-5-13-10/h1,4-6,8H,2-3,7,11H2. The second kappa shape index (κ2) is 4.65. The van der Waals surface area contributed by atoms with E-state index < -0.39 is 0 Å². The van der Waals surface area contributed by atoms with Gasteiger partial charge >= 0.3 is 0 Å². The molecular weight excluding hydrogens is 190 g/mol. The third kappa shape index (κ3) is 2.60. The van der Waals surface area contributed by atoms with Gasteiger partial charge in [-0.3, -0.25) is 0 Å². The normalized spacial score (nSPS) is 10.5. The highest BCUT2D eigenvalue weighted by Crippen LogP contribution is 1.99. The molecule has 0 aromatic carbocycles. The summed E-state index contributed by atoms with van der Waals surface area (Å²) in [5, 5.41) is 0. The van der Waals surface area contributed by atoms with Crippen molar-refractivity contribution in [3.8, 4) is 0 Å². The van der Waals surface area contributed by atoms with Crippen molar-refractivity contribution < 1.29 is 0 Å². The maximum Gasteiger partial charge on any atom is 0.147 e. The van der Waals surface area contributed by atoms with E-state index in [9.17, 15) is 0 Å². The topological polar surface area (TPSA) is 69.6 Å². The Labute approximate surface area is 88.0 Å². The summed E-state index contributed by atoms with van der Waals surface area (Å²) < 4.78 is 1.96. The van der Waals surface area contributed by atoms with Crippen LogP contribution in [0.25, 0.3) is 0 Å². The van der Waals surface area contributed by atoms with Crippen LogP contribution in [0.15, 0.2) is 31.0 Å². The van der Waals surface area contributed by atoms with E-state index in [-0.39, 0.29) is 0 Å². The maximum absolute atomic E-state index is 5.45. The molecular formula is C10H13N5. The average molecular weight is 203 g/mol. The molecule has 2 heterocycles. The fourth-order valence-corrected chi connectivity index (χ4v) is 1.34. The molecule has 78 valence electrons. The fourth-order valence-electron chi connectivity index (χ4n) is 1.34. The van der Waals surface area contributed by atoms with E-state index in [4.69, 9.17) is 5.73 Å². The molecule has 0 saturated carbocycles. The third-order valence-corrected chi connectivity index (χ3v) is 2.03. The second-order valence-electron chi connectivity index (χ2n) is 3.24. The lowest BCUT2D eigenvalue weighted by Crippen LogP contribution is -2.03. The number of hydrogen-bond acceptors (Lipinski definition) is 4. The minimum Gasteiger partial charge on any atom is -0.330 e. The van der Waals surface area contributed by atoms with E-state index >= 15 is 0 Å². The first kappa shape index (κ1) is 9.79. The highest BCUT2D eigenvalue weighted by molar-refractivity contribution is 4.99. The zero-order valence-corrected chi connectivity index (χ0v) is 8.37. The van der Waals surface area contributed by atoms with Gasteiger partial charge in [-0.1, -0.05) is 0 Å². The maximum atomic E-state index is 5.45. The highest BCUT2D eigenvalue weighted by Gasteiger charge is 1.99. The van der Waals surface area contributed by atoms with Crippen LogP contribution in [0.1, 0.15) is 11.5 Å². The van der Waals surface area contributed by atoms with Crippen molar-refractivity contribution in [1.29, 1.82) is 0 Å². The summed E-state index contributed by atoms with van der Waals surface area (Å²) in [6.07, 6.45) is 8.04. The molecule has 0 unspecified atom stereocenters. The van der Waals surface area contributed by atoms with Crippen LogP contribution in [0.2, 0.25) is 0 Å². The van der Waals surface area contributed by atoms with Gasteiger partial charge in [-0.2, -0.15) is 0 Å². The first-order valence-electron chi connectivity index (χ1n) is 4.85. The lowest BCUT2D eigenvalue weighted by atomic mass is 10.3. The molecule has 0 amide bonds. The van der Waals surface area contributed by atoms with E-state index in [1.54, 1.807) is 24.8 Å². The summed E-state index contributed by atoms with van der Waals surface area (Å²) in [7, 11) is 0. The molecule has 0 spiro atoms. The number of nitrogens with zero attached hydrogens (tertiary/aromatic N) is 4. The predicted octanol–water partition coefficient (Wildman–Crippen LogP) is 0.223. The average Bonchev–Trinajstić information content (AvgIpc) is 2.68. The molecule has 15 heavy (non-hydrogen) atoms. The van der Waals surface area contributed by atoms with Crippen LogP contribution in [-0.4, -0.2) is 26.1 Å². The first-order valence-corrected chi connectivity index (χ1v) is 4.85. The summed E-state index contributed by atoms with van der Waals surface area (Å²) in [6.45, 7) is 1.28. The Hall–Kier alpha value is -1.75. The highest BCUT2D eigenvalue weighted by atomic mass is 15.1. The number of nitrogens with two attached hydrogens (primary N) is 1. The number of hydrogen-bond donors (Lipinski definition) is 1. The van der Waals surface area contributed by atoms with Gasteiger partial charge in [0.2, 0.25) is 0 Å². The van der Waals surface area contributed by atoms with Gasteiger partial charge in [0.05, 0.1) is 18.6 Å². The molecule has 2 N–H and O–H groups in total. The molecule has 0 bridgehead atoms. The smallest absolute Gasteiger partial charge is 0.147 e. The molecule has 0 fully saturated rings. The molecule has 0 atom stereocenters. The van der Waals surface area contributed by atoms with Gasteiger partial charge in [0, 0.05) is 25.0 Å². The van der Waals surface area contributed by atoms with E-state index in [1.807, 2.05) is 10.8 Å². The third-order valence-electron chi connectivity index (χ3n) is 2.03. The van der Waals surface area contributed by atoms with Crippen molar-refractivity contribution in [3.63, 3.8) is 0 Å². The van der Waals surface area contributed by atoms with Gasteiger partial charge in [-0.05, 0) is 12.6 Å². The summed E-state index contributed by atoms with van der Waals surface area (Å²) in [4.78, 5) is 12.5. The Balaban J connectivity index is 2.05. The Morgan fingerprint density at radius 1 is 1.20 bits per heavy atom. The zero-order chi connectivity index (χ0) is 10.5. The van der Waals surface area contributed by atoms with Gasteiger partial charge in [-0.15, -0.1) is 0 Å². The number of rotatable bonds is 4. The number of imidazole rings is 1. The zero-order valence-electron chi connectivity index (χ0n) is 8.37. The van der Waals surface area contributed by atoms with Crippen LogP contribution in [0.4, 0.5) is 0 Å². The van der Waals surface area contributed by atoms with E-state index in [0.717, 1.165) is 17.9 Å². The quantitative estimate of drug-likeness (QED) is 0.771. The summed E-state index contributed by atoms with van der Waals surface area (Å²) in [5.41, 5.74) is 6.46. The van der Waals surface area contributed by atoms with Crippen LogP contribution in [0, 0.1) is 0 Å². The second-order valence-corrected chi connectivity index (χ2v) is 3.24. The van der Waals surface area contributed by atoms with Crippen molar-refractivity contribution in [2.45, 2.75) is 13.0 Å². The monoisotopic (exact) mass is 203 g/mol. The summed E-state index contributed by atoms with van der Waals surface area (Å²) >= 11 is 0. The molecule has 2 rings (SSSR count). The van der Waals surface area contributed by atoms with Crippen molar-refractivity contribution in [2.75, 3.05) is 6.54 Å². The molecule has 2 aromatic rings. The van der Waals surface area contributed by atoms with Crippen molar-refractivity contribution >= 4 is 0 Å². The van der Waals surface area contributed by atoms with Gasteiger partial charge in [-0.25, -0.2) is 15.0 Å². The van der Waals surface area contributed by atoms with Gasteiger partial charge in [0.1, 0.15) is 5.82 Å². The Bertz CT molecular complexity index is 409. The molecule has 0 aliphatic carbocycles. The first-order chi connectivity index (χ1) is 7.38. The van der Waals surface area contributed by atoms with Crippen molar-refractivity contribution in [1.82, 2.24) is 19.5 Å². The Kier molecular flexibility index (Phi) is 3.04. The lowest BCUT2D eigenvalue weighted by Gasteiger charge is -1.98. The van der Waals surface area contributed by atoms with Gasteiger partial charge in [0.25, 0.3) is 0 Å². The number of aromatic nitrogens is 4. The molecule has 5 heteroatoms. The van der Waals surface area contributed by atoms with E-state index in [2.05, 4.69) is 15.0 Å². The van der Waals surface area contributed by atoms with Crippen LogP contribution in [0.3, 0.4) is 0 Å². The van der Waals surface area contributed by atoms with Crippen LogP contribution >= 0.6 is 0 Å². The van der Waals surface area contributed by atoms with Crippen LogP contribution in [-0.2, 0) is 13.0 Å². The lowest BCUT2D eigenvalue weighted by molar-refractivity contribution is 0.741. The largest absolute Gasteiger partial charge is 0.330 e. The molecule has 0 saturated heterocycles. The van der Waals surface area contributed by atoms with Crippen LogP contribution < -0.4 is 5.73 Å². The van der Waals surface area contributed by atoms with E-state index in [1.165, 1.54) is 0 Å². The Morgan fingerprint density at radius 3 is 2.73 bits per heavy atom. The molecule has 0 radical (unpaired) electrons. The molecule has 0 aliphatic rings. The molecule has 0 aliphatic heterocycles.